The molecule has 0 atom stereocenters. The van der Waals surface area contributed by atoms with Crippen molar-refractivity contribution < 1.29 is 19.5 Å². The van der Waals surface area contributed by atoms with Gasteiger partial charge in [0.05, 0.1) is 33.7 Å². The Bertz CT molecular complexity index is 961. The lowest BCUT2D eigenvalue weighted by Gasteiger charge is -2.06. The third-order valence-corrected chi connectivity index (χ3v) is 3.72. The summed E-state index contributed by atoms with van der Waals surface area (Å²) < 4.78 is 5.41. The number of hydrogen-bond donors (Lipinski definition) is 1. The Hall–Kier alpha value is -4.09. The molecule has 0 unspecified atom stereocenters. The Balaban J connectivity index is 2.20. The second-order valence-corrected chi connectivity index (χ2v) is 5.77. The molecule has 0 fully saturated rings. The molecule has 0 aliphatic rings. The first-order chi connectivity index (χ1) is 13.8. The van der Waals surface area contributed by atoms with Gasteiger partial charge in [-0.05, 0) is 24.6 Å². The van der Waals surface area contributed by atoms with Gasteiger partial charge in [0, 0.05) is 17.7 Å². The number of benzene rings is 2. The van der Waals surface area contributed by atoms with E-state index < -0.39 is 26.1 Å². The second kappa shape index (κ2) is 9.73. The van der Waals surface area contributed by atoms with Crippen LogP contribution in [-0.2, 0) is 0 Å². The van der Waals surface area contributed by atoms with Crippen molar-refractivity contribution >= 4 is 29.0 Å². The first-order valence-electron chi connectivity index (χ1n) is 8.46. The van der Waals surface area contributed by atoms with Crippen molar-refractivity contribution in [1.82, 2.24) is 0 Å². The topological polar surface area (TPSA) is 163 Å². The highest BCUT2D eigenvalue weighted by molar-refractivity contribution is 5.82. The number of non-ortho nitro benzene ring substituents is 1. The van der Waals surface area contributed by atoms with Gasteiger partial charge >= 0.3 is 11.4 Å². The van der Waals surface area contributed by atoms with Gasteiger partial charge in [0.25, 0.3) is 5.69 Å². The SMILES string of the molecule is CCCCOc1ccc(C=NNc2ccc([N+](=O)[O-])cc2[N+](=O)[O-])cc1[N+](=O)[O-]. The first-order valence-corrected chi connectivity index (χ1v) is 8.46. The minimum Gasteiger partial charge on any atom is -0.487 e. The lowest BCUT2D eigenvalue weighted by atomic mass is 10.2. The predicted molar refractivity (Wildman–Crippen MR) is 104 cm³/mol. The highest BCUT2D eigenvalue weighted by Crippen LogP contribution is 2.29. The molecule has 0 amide bonds. The van der Waals surface area contributed by atoms with Crippen LogP contribution in [0.25, 0.3) is 0 Å². The fraction of sp³-hybridized carbons (Fsp3) is 0.235. The second-order valence-electron chi connectivity index (χ2n) is 5.77. The maximum atomic E-state index is 11.2. The van der Waals surface area contributed by atoms with Gasteiger partial charge in [-0.1, -0.05) is 13.3 Å². The number of anilines is 1. The van der Waals surface area contributed by atoms with E-state index in [9.17, 15) is 30.3 Å². The monoisotopic (exact) mass is 403 g/mol. The van der Waals surface area contributed by atoms with Gasteiger partial charge in [0.2, 0.25) is 0 Å². The molecule has 0 aliphatic heterocycles. The van der Waals surface area contributed by atoms with Crippen LogP contribution in [0.4, 0.5) is 22.7 Å². The average Bonchev–Trinajstić information content (AvgIpc) is 2.68. The maximum Gasteiger partial charge on any atom is 0.311 e. The first kappa shape index (κ1) is 21.2. The summed E-state index contributed by atoms with van der Waals surface area (Å²) in [6.07, 6.45) is 2.88. The van der Waals surface area contributed by atoms with Gasteiger partial charge in [-0.2, -0.15) is 5.10 Å². The Kier molecular flexibility index (Phi) is 7.12. The number of nitrogens with zero attached hydrogens (tertiary/aromatic N) is 4. The largest absolute Gasteiger partial charge is 0.487 e. The zero-order chi connectivity index (χ0) is 21.4. The number of ether oxygens (including phenoxy) is 1. The van der Waals surface area contributed by atoms with Crippen molar-refractivity contribution in [2.24, 2.45) is 5.10 Å². The van der Waals surface area contributed by atoms with Crippen LogP contribution in [0.15, 0.2) is 41.5 Å². The standard InChI is InChI=1S/C17H17N5O7/c1-2-3-8-29-17-7-4-12(9-16(17)22(27)28)11-18-19-14-6-5-13(20(23)24)10-15(14)21(25)26/h4-7,9-11,19H,2-3,8H2,1H3. The molecule has 152 valence electrons. The highest BCUT2D eigenvalue weighted by Gasteiger charge is 2.19. The van der Waals surface area contributed by atoms with Gasteiger partial charge in [-0.15, -0.1) is 0 Å². The van der Waals surface area contributed by atoms with Crippen LogP contribution in [0.2, 0.25) is 0 Å². The Morgan fingerprint density at radius 3 is 2.34 bits per heavy atom. The summed E-state index contributed by atoms with van der Waals surface area (Å²) in [6.45, 7) is 2.33. The molecule has 1 N–H and O–H groups in total. The summed E-state index contributed by atoms with van der Waals surface area (Å²) in [5.41, 5.74) is 1.53. The number of nitro groups is 3. The summed E-state index contributed by atoms with van der Waals surface area (Å²) in [4.78, 5) is 31.0. The zero-order valence-electron chi connectivity index (χ0n) is 15.3. The Labute approximate surface area is 164 Å². The van der Waals surface area contributed by atoms with E-state index in [0.29, 0.717) is 12.2 Å². The summed E-state index contributed by atoms with van der Waals surface area (Å²) >= 11 is 0. The van der Waals surface area contributed by atoms with Crippen molar-refractivity contribution in [3.05, 3.63) is 72.3 Å². The Morgan fingerprint density at radius 2 is 1.72 bits per heavy atom. The van der Waals surface area contributed by atoms with Crippen molar-refractivity contribution in [3.63, 3.8) is 0 Å². The van der Waals surface area contributed by atoms with Gasteiger partial charge in [0.15, 0.2) is 5.75 Å². The number of hydrogen-bond acceptors (Lipinski definition) is 9. The van der Waals surface area contributed by atoms with E-state index in [2.05, 4.69) is 10.5 Å². The summed E-state index contributed by atoms with van der Waals surface area (Å²) in [7, 11) is 0. The molecule has 2 aromatic carbocycles. The third kappa shape index (κ3) is 5.69. The number of rotatable bonds is 10. The molecule has 0 saturated heterocycles. The van der Waals surface area contributed by atoms with E-state index in [4.69, 9.17) is 4.74 Å². The number of unbranched alkanes of at least 4 members (excludes halogenated alkanes) is 1. The minimum atomic E-state index is -0.780. The van der Waals surface area contributed by atoms with E-state index in [1.54, 1.807) is 6.07 Å². The normalized spacial score (nSPS) is 10.7. The number of nitro benzene ring substituents is 3. The molecule has 29 heavy (non-hydrogen) atoms. The van der Waals surface area contributed by atoms with Crippen molar-refractivity contribution in [3.8, 4) is 5.75 Å². The fourth-order valence-electron chi connectivity index (χ4n) is 2.26. The fourth-order valence-corrected chi connectivity index (χ4v) is 2.26. The van der Waals surface area contributed by atoms with Crippen molar-refractivity contribution in [2.75, 3.05) is 12.0 Å². The number of nitrogens with one attached hydrogen (secondary N) is 1. The van der Waals surface area contributed by atoms with Gasteiger partial charge < -0.3 is 4.74 Å². The van der Waals surface area contributed by atoms with E-state index in [-0.39, 0.29) is 17.1 Å². The molecule has 0 aromatic heterocycles. The summed E-state index contributed by atoms with van der Waals surface area (Å²) in [6, 6.07) is 7.31. The van der Waals surface area contributed by atoms with Crippen molar-refractivity contribution in [2.45, 2.75) is 19.8 Å². The van der Waals surface area contributed by atoms with Crippen LogP contribution < -0.4 is 10.2 Å². The molecule has 0 heterocycles. The maximum absolute atomic E-state index is 11.2. The molecule has 0 saturated carbocycles. The molecule has 2 rings (SSSR count). The molecule has 12 nitrogen and oxygen atoms in total. The van der Waals surface area contributed by atoms with E-state index in [1.165, 1.54) is 18.3 Å². The molecule has 0 aliphatic carbocycles. The Morgan fingerprint density at radius 1 is 1.00 bits per heavy atom. The van der Waals surface area contributed by atoms with Crippen LogP contribution in [0.3, 0.4) is 0 Å². The quantitative estimate of drug-likeness (QED) is 0.269. The van der Waals surface area contributed by atoms with Gasteiger partial charge in [-0.3, -0.25) is 35.8 Å². The average molecular weight is 403 g/mol. The molecule has 0 bridgehead atoms. The van der Waals surface area contributed by atoms with E-state index >= 15 is 0 Å². The number of hydrazone groups is 1. The highest BCUT2D eigenvalue weighted by atomic mass is 16.6. The lowest BCUT2D eigenvalue weighted by Crippen LogP contribution is -2.01. The van der Waals surface area contributed by atoms with Gasteiger partial charge in [-0.25, -0.2) is 0 Å². The van der Waals surface area contributed by atoms with Crippen LogP contribution in [0, 0.1) is 30.3 Å². The summed E-state index contributed by atoms with van der Waals surface area (Å²) in [5, 5.41) is 36.9. The minimum absolute atomic E-state index is 0.0640. The van der Waals surface area contributed by atoms with Gasteiger partial charge in [0.1, 0.15) is 5.69 Å². The third-order valence-electron chi connectivity index (χ3n) is 3.72. The molecular formula is C17H17N5O7. The zero-order valence-corrected chi connectivity index (χ0v) is 15.3. The van der Waals surface area contributed by atoms with Crippen LogP contribution in [0.5, 0.6) is 5.75 Å². The van der Waals surface area contributed by atoms with Crippen LogP contribution >= 0.6 is 0 Å². The van der Waals surface area contributed by atoms with E-state index in [1.807, 2.05) is 6.92 Å². The smallest absolute Gasteiger partial charge is 0.311 e. The van der Waals surface area contributed by atoms with E-state index in [0.717, 1.165) is 31.0 Å². The molecule has 0 spiro atoms. The van der Waals surface area contributed by atoms with Crippen LogP contribution in [0.1, 0.15) is 25.3 Å². The predicted octanol–water partition coefficient (Wildman–Crippen LogP) is 4.04. The molecular weight excluding hydrogens is 386 g/mol. The van der Waals surface area contributed by atoms with Crippen LogP contribution in [-0.4, -0.2) is 27.6 Å². The molecule has 2 aromatic rings. The molecule has 0 radical (unpaired) electrons. The van der Waals surface area contributed by atoms with Crippen molar-refractivity contribution in [1.29, 1.82) is 0 Å². The summed E-state index contributed by atoms with van der Waals surface area (Å²) in [5.74, 6) is 0.138. The molecule has 12 heteroatoms. The lowest BCUT2D eigenvalue weighted by molar-refractivity contribution is -0.393.